The topological polar surface area (TPSA) is 58.9 Å². The molecule has 5 rings (SSSR count). The third kappa shape index (κ3) is 5.77. The fourth-order valence-electron chi connectivity index (χ4n) is 5.05. The second kappa shape index (κ2) is 10.8. The van der Waals surface area contributed by atoms with Crippen molar-refractivity contribution in [3.8, 4) is 5.75 Å². The van der Waals surface area contributed by atoms with Crippen molar-refractivity contribution in [1.29, 1.82) is 0 Å². The molecule has 2 aromatic carbocycles. The van der Waals surface area contributed by atoms with Crippen molar-refractivity contribution in [2.45, 2.75) is 45.0 Å². The molecular weight excluding hydrogens is 493 g/mol. The first-order valence-corrected chi connectivity index (χ1v) is 12.7. The van der Waals surface area contributed by atoms with Gasteiger partial charge in [0.1, 0.15) is 5.75 Å². The highest BCUT2D eigenvalue weighted by molar-refractivity contribution is 6.02. The number of anilines is 1. The molecule has 9 heteroatoms. The maximum absolute atomic E-state index is 13.0. The minimum absolute atomic E-state index is 0.132. The third-order valence-corrected chi connectivity index (χ3v) is 7.01. The first-order chi connectivity index (χ1) is 18.3. The van der Waals surface area contributed by atoms with Crippen molar-refractivity contribution < 1.29 is 22.7 Å². The number of carbonyl (C=O) groups excluding carboxylic acids is 1. The van der Waals surface area contributed by atoms with Gasteiger partial charge in [-0.25, -0.2) is 4.52 Å². The SMILES string of the molecule is CCc1nn2ccccc2c1C(=O)NCc1ccc(N2CCC(c3ccc(OC(F)(F)F)cc3)CC2)cc1. The first kappa shape index (κ1) is 25.6. The molecule has 1 aliphatic heterocycles. The summed E-state index contributed by atoms with van der Waals surface area (Å²) >= 11 is 0. The van der Waals surface area contributed by atoms with E-state index in [-0.39, 0.29) is 11.7 Å². The summed E-state index contributed by atoms with van der Waals surface area (Å²) in [5.74, 6) is -0.0275. The minimum atomic E-state index is -4.68. The van der Waals surface area contributed by atoms with Crippen LogP contribution in [0.5, 0.6) is 5.75 Å². The summed E-state index contributed by atoms with van der Waals surface area (Å²) in [5, 5.41) is 7.55. The number of ether oxygens (including phenoxy) is 1. The van der Waals surface area contributed by atoms with Gasteiger partial charge in [0.05, 0.1) is 16.8 Å². The molecule has 0 radical (unpaired) electrons. The van der Waals surface area contributed by atoms with Gasteiger partial charge in [-0.1, -0.05) is 37.3 Å². The van der Waals surface area contributed by atoms with Crippen molar-refractivity contribution in [3.05, 3.63) is 95.3 Å². The molecule has 3 heterocycles. The van der Waals surface area contributed by atoms with Gasteiger partial charge in [0.25, 0.3) is 5.91 Å². The maximum Gasteiger partial charge on any atom is 0.573 e. The predicted octanol–water partition coefficient (Wildman–Crippen LogP) is 6.11. The van der Waals surface area contributed by atoms with Crippen LogP contribution in [0, 0.1) is 0 Å². The van der Waals surface area contributed by atoms with Gasteiger partial charge in [0, 0.05) is 31.5 Å². The Kier molecular flexibility index (Phi) is 7.26. The molecule has 2 aromatic heterocycles. The number of carbonyl (C=O) groups is 1. The molecule has 1 N–H and O–H groups in total. The zero-order chi connectivity index (χ0) is 26.7. The van der Waals surface area contributed by atoms with Crippen LogP contribution in [0.2, 0.25) is 0 Å². The molecule has 1 amide bonds. The Bertz CT molecular complexity index is 1390. The largest absolute Gasteiger partial charge is 0.573 e. The van der Waals surface area contributed by atoms with E-state index >= 15 is 0 Å². The Hall–Kier alpha value is -4.01. The van der Waals surface area contributed by atoms with Gasteiger partial charge in [-0.15, -0.1) is 13.2 Å². The van der Waals surface area contributed by atoms with Gasteiger partial charge in [-0.2, -0.15) is 5.10 Å². The number of hydrogen-bond donors (Lipinski definition) is 1. The van der Waals surface area contributed by atoms with E-state index < -0.39 is 6.36 Å². The van der Waals surface area contributed by atoms with Gasteiger partial charge in [-0.3, -0.25) is 4.79 Å². The van der Waals surface area contributed by atoms with Crippen LogP contribution in [0.1, 0.15) is 52.9 Å². The van der Waals surface area contributed by atoms with Crippen LogP contribution in [0.4, 0.5) is 18.9 Å². The Morgan fingerprint density at radius 3 is 2.39 bits per heavy atom. The van der Waals surface area contributed by atoms with Gasteiger partial charge in [0.2, 0.25) is 0 Å². The van der Waals surface area contributed by atoms with Crippen molar-refractivity contribution in [1.82, 2.24) is 14.9 Å². The molecular formula is C29H29F3N4O2. The average molecular weight is 523 g/mol. The number of nitrogens with zero attached hydrogens (tertiary/aromatic N) is 3. The summed E-state index contributed by atoms with van der Waals surface area (Å²) in [6.45, 7) is 4.12. The van der Waals surface area contributed by atoms with Crippen LogP contribution < -0.4 is 15.0 Å². The smallest absolute Gasteiger partial charge is 0.406 e. The summed E-state index contributed by atoms with van der Waals surface area (Å²) in [7, 11) is 0. The Balaban J connectivity index is 1.15. The highest BCUT2D eigenvalue weighted by atomic mass is 19.4. The van der Waals surface area contributed by atoms with E-state index in [1.807, 2.05) is 43.5 Å². The summed E-state index contributed by atoms with van der Waals surface area (Å²) in [6, 6.07) is 20.1. The van der Waals surface area contributed by atoms with Crippen LogP contribution in [-0.2, 0) is 13.0 Å². The minimum Gasteiger partial charge on any atom is -0.406 e. The summed E-state index contributed by atoms with van der Waals surface area (Å²) in [4.78, 5) is 15.3. The van der Waals surface area contributed by atoms with Crippen LogP contribution in [0.15, 0.2) is 72.9 Å². The summed E-state index contributed by atoms with van der Waals surface area (Å²) < 4.78 is 42.9. The van der Waals surface area contributed by atoms with E-state index in [1.165, 1.54) is 12.1 Å². The molecule has 38 heavy (non-hydrogen) atoms. The number of alkyl halides is 3. The highest BCUT2D eigenvalue weighted by Crippen LogP contribution is 2.32. The number of piperidine rings is 1. The number of nitrogens with one attached hydrogen (secondary N) is 1. The van der Waals surface area contributed by atoms with E-state index in [9.17, 15) is 18.0 Å². The quantitative estimate of drug-likeness (QED) is 0.318. The fourth-order valence-corrected chi connectivity index (χ4v) is 5.05. The summed E-state index contributed by atoms with van der Waals surface area (Å²) in [6.07, 6.45) is -0.335. The number of fused-ring (bicyclic) bond motifs is 1. The van der Waals surface area contributed by atoms with Crippen molar-refractivity contribution in [3.63, 3.8) is 0 Å². The number of rotatable bonds is 7. The second-order valence-electron chi connectivity index (χ2n) is 9.43. The molecule has 0 aliphatic carbocycles. The predicted molar refractivity (Wildman–Crippen MR) is 139 cm³/mol. The average Bonchev–Trinajstić information content (AvgIpc) is 3.31. The lowest BCUT2D eigenvalue weighted by atomic mass is 9.89. The number of aromatic nitrogens is 2. The number of aryl methyl sites for hydroxylation is 1. The number of pyridine rings is 1. The lowest BCUT2D eigenvalue weighted by Gasteiger charge is -2.34. The van der Waals surface area contributed by atoms with Crippen LogP contribution >= 0.6 is 0 Å². The van der Waals surface area contributed by atoms with Gasteiger partial charge in [0.15, 0.2) is 0 Å². The van der Waals surface area contributed by atoms with Crippen molar-refractivity contribution in [2.24, 2.45) is 0 Å². The summed E-state index contributed by atoms with van der Waals surface area (Å²) in [5.41, 5.74) is 5.35. The molecule has 4 aromatic rings. The number of halogens is 3. The molecule has 0 saturated carbocycles. The molecule has 1 aliphatic rings. The first-order valence-electron chi connectivity index (χ1n) is 12.7. The maximum atomic E-state index is 13.0. The van der Waals surface area contributed by atoms with Gasteiger partial charge in [-0.05, 0) is 72.7 Å². The van der Waals surface area contributed by atoms with Crippen LogP contribution in [-0.4, -0.2) is 35.0 Å². The molecule has 0 unspecified atom stereocenters. The van der Waals surface area contributed by atoms with E-state index in [2.05, 4.69) is 32.2 Å². The Labute approximate surface area is 219 Å². The molecule has 0 atom stereocenters. The van der Waals surface area contributed by atoms with Gasteiger partial charge < -0.3 is 15.0 Å². The Morgan fingerprint density at radius 2 is 1.74 bits per heavy atom. The van der Waals surface area contributed by atoms with Crippen LogP contribution in [0.25, 0.3) is 5.52 Å². The lowest BCUT2D eigenvalue weighted by Crippen LogP contribution is -2.32. The zero-order valence-corrected chi connectivity index (χ0v) is 21.0. The van der Waals surface area contributed by atoms with E-state index in [0.717, 1.165) is 54.0 Å². The highest BCUT2D eigenvalue weighted by Gasteiger charge is 2.31. The number of benzene rings is 2. The monoisotopic (exact) mass is 522 g/mol. The molecule has 1 saturated heterocycles. The fraction of sp³-hybridized carbons (Fsp3) is 0.310. The Morgan fingerprint density at radius 1 is 1.03 bits per heavy atom. The van der Waals surface area contributed by atoms with E-state index in [4.69, 9.17) is 0 Å². The molecule has 0 spiro atoms. The van der Waals surface area contributed by atoms with Crippen LogP contribution in [0.3, 0.4) is 0 Å². The molecule has 1 fully saturated rings. The number of amides is 1. The normalized spacial score (nSPS) is 14.6. The second-order valence-corrected chi connectivity index (χ2v) is 9.43. The standard InChI is InChI=1S/C29H29F3N4O2/c1-2-25-27(26-5-3-4-16-36(26)34-25)28(37)33-19-20-6-10-23(11-7-20)35-17-14-22(15-18-35)21-8-12-24(13-9-21)38-29(30,31)32/h3-13,16,22H,2,14-15,17-19H2,1H3,(H,33,37). The lowest BCUT2D eigenvalue weighted by molar-refractivity contribution is -0.274. The van der Waals surface area contributed by atoms with Crippen molar-refractivity contribution >= 4 is 17.1 Å². The molecule has 6 nitrogen and oxygen atoms in total. The zero-order valence-electron chi connectivity index (χ0n) is 21.0. The third-order valence-electron chi connectivity index (χ3n) is 7.01. The van der Waals surface area contributed by atoms with E-state index in [1.54, 1.807) is 16.6 Å². The van der Waals surface area contributed by atoms with Gasteiger partial charge >= 0.3 is 6.36 Å². The molecule has 0 bridgehead atoms. The van der Waals surface area contributed by atoms with E-state index in [0.29, 0.717) is 24.4 Å². The van der Waals surface area contributed by atoms with Crippen molar-refractivity contribution in [2.75, 3.05) is 18.0 Å². The molecule has 198 valence electrons. The number of hydrogen-bond acceptors (Lipinski definition) is 4.